The van der Waals surface area contributed by atoms with Crippen molar-refractivity contribution in [1.82, 2.24) is 0 Å². The van der Waals surface area contributed by atoms with Crippen molar-refractivity contribution in [1.29, 1.82) is 0 Å². The van der Waals surface area contributed by atoms with Gasteiger partial charge in [0.15, 0.2) is 0 Å². The highest BCUT2D eigenvalue weighted by atomic mass is 16.6. The van der Waals surface area contributed by atoms with Crippen molar-refractivity contribution < 1.29 is 24.1 Å². The molecule has 1 heterocycles. The maximum Gasteiger partial charge on any atom is 0.271 e. The van der Waals surface area contributed by atoms with E-state index >= 15 is 0 Å². The second-order valence-electron chi connectivity index (χ2n) is 6.12. The molecule has 2 rings (SSSR count). The van der Waals surface area contributed by atoms with Gasteiger partial charge in [0, 0.05) is 30.9 Å². The maximum atomic E-state index is 12.2. The van der Waals surface area contributed by atoms with Gasteiger partial charge in [-0.3, -0.25) is 19.7 Å². The van der Waals surface area contributed by atoms with Crippen molar-refractivity contribution in [3.05, 3.63) is 28.3 Å². The summed E-state index contributed by atoms with van der Waals surface area (Å²) in [6, 6.07) is 4.05. The molecule has 9 nitrogen and oxygen atoms in total. The summed E-state index contributed by atoms with van der Waals surface area (Å²) < 4.78 is 5.12. The van der Waals surface area contributed by atoms with Crippen LogP contribution in [0.2, 0.25) is 0 Å². The SMILES string of the molecule is COc1ccc([N+](=O)[O-])cc1NC(=O)CC[NH+]1CCC(C(N)=O)CC1. The summed E-state index contributed by atoms with van der Waals surface area (Å²) in [5.41, 5.74) is 5.48. The van der Waals surface area contributed by atoms with Crippen LogP contribution in [0.15, 0.2) is 18.2 Å². The Balaban J connectivity index is 1.87. The lowest BCUT2D eigenvalue weighted by molar-refractivity contribution is -0.905. The molecule has 0 aromatic heterocycles. The second kappa shape index (κ2) is 8.43. The van der Waals surface area contributed by atoms with Gasteiger partial charge in [0.1, 0.15) is 5.75 Å². The molecule has 25 heavy (non-hydrogen) atoms. The molecule has 1 fully saturated rings. The average molecular weight is 351 g/mol. The number of hydrogen-bond donors (Lipinski definition) is 3. The van der Waals surface area contributed by atoms with Crippen molar-refractivity contribution in [3.63, 3.8) is 0 Å². The third-order valence-corrected chi connectivity index (χ3v) is 4.47. The summed E-state index contributed by atoms with van der Waals surface area (Å²) in [5.74, 6) is -0.182. The van der Waals surface area contributed by atoms with Crippen LogP contribution in [0.4, 0.5) is 11.4 Å². The minimum atomic E-state index is -0.526. The first-order chi connectivity index (χ1) is 11.9. The van der Waals surface area contributed by atoms with E-state index in [1.54, 1.807) is 0 Å². The minimum Gasteiger partial charge on any atom is -0.495 e. The van der Waals surface area contributed by atoms with Crippen LogP contribution in [-0.4, -0.2) is 43.5 Å². The molecule has 1 saturated heterocycles. The molecule has 136 valence electrons. The number of nitro benzene ring substituents is 1. The number of amides is 2. The van der Waals surface area contributed by atoms with E-state index in [9.17, 15) is 19.7 Å². The van der Waals surface area contributed by atoms with Gasteiger partial charge in [-0.1, -0.05) is 0 Å². The Kier molecular flexibility index (Phi) is 6.29. The molecule has 0 saturated carbocycles. The van der Waals surface area contributed by atoms with E-state index in [4.69, 9.17) is 10.5 Å². The zero-order valence-corrected chi connectivity index (χ0v) is 14.1. The van der Waals surface area contributed by atoms with Crippen LogP contribution in [0, 0.1) is 16.0 Å². The Bertz CT molecular complexity index is 656. The van der Waals surface area contributed by atoms with Crippen molar-refractivity contribution >= 4 is 23.2 Å². The van der Waals surface area contributed by atoms with Crippen molar-refractivity contribution in [2.24, 2.45) is 11.7 Å². The predicted molar refractivity (Wildman–Crippen MR) is 90.4 cm³/mol. The number of methoxy groups -OCH3 is 1. The highest BCUT2D eigenvalue weighted by Crippen LogP contribution is 2.28. The van der Waals surface area contributed by atoms with Gasteiger partial charge in [0.2, 0.25) is 11.8 Å². The van der Waals surface area contributed by atoms with Gasteiger partial charge in [-0.25, -0.2) is 0 Å². The predicted octanol–water partition coefficient (Wildman–Crippen LogP) is -0.288. The molecular weight excluding hydrogens is 328 g/mol. The molecule has 0 atom stereocenters. The number of nitrogens with zero attached hydrogens (tertiary/aromatic N) is 1. The van der Waals surface area contributed by atoms with Gasteiger partial charge in [-0.05, 0) is 6.07 Å². The van der Waals surface area contributed by atoms with Crippen molar-refractivity contribution in [2.75, 3.05) is 32.1 Å². The molecule has 0 spiro atoms. The second-order valence-corrected chi connectivity index (χ2v) is 6.12. The first kappa shape index (κ1) is 18.7. The summed E-state index contributed by atoms with van der Waals surface area (Å²) in [6.07, 6.45) is 1.76. The molecule has 9 heteroatoms. The Morgan fingerprint density at radius 1 is 1.40 bits per heavy atom. The molecular formula is C16H23N4O5+. The molecule has 1 aromatic rings. The molecule has 0 aliphatic carbocycles. The lowest BCUT2D eigenvalue weighted by Crippen LogP contribution is -3.13. The number of likely N-dealkylation sites (tertiary alicyclic amines) is 1. The number of piperidine rings is 1. The van der Waals surface area contributed by atoms with E-state index < -0.39 is 4.92 Å². The lowest BCUT2D eigenvalue weighted by atomic mass is 9.96. The van der Waals surface area contributed by atoms with Crippen LogP contribution in [0.1, 0.15) is 19.3 Å². The number of nitro groups is 1. The smallest absolute Gasteiger partial charge is 0.271 e. The summed E-state index contributed by atoms with van der Waals surface area (Å²) in [6.45, 7) is 2.25. The third kappa shape index (κ3) is 5.15. The quantitative estimate of drug-likeness (QED) is 0.459. The number of primary amides is 1. The number of carbonyl (C=O) groups is 2. The largest absolute Gasteiger partial charge is 0.495 e. The number of hydrogen-bond acceptors (Lipinski definition) is 5. The Labute approximate surface area is 145 Å². The van der Waals surface area contributed by atoms with E-state index in [1.807, 2.05) is 0 Å². The summed E-state index contributed by atoms with van der Waals surface area (Å²) in [7, 11) is 1.43. The fourth-order valence-corrected chi connectivity index (χ4v) is 2.97. The molecule has 0 bridgehead atoms. The molecule has 1 aliphatic rings. The lowest BCUT2D eigenvalue weighted by Gasteiger charge is -2.27. The number of rotatable bonds is 7. The fraction of sp³-hybridized carbons (Fsp3) is 0.500. The minimum absolute atomic E-state index is 0.0632. The highest BCUT2D eigenvalue weighted by molar-refractivity contribution is 5.92. The van der Waals surface area contributed by atoms with Crippen LogP contribution in [-0.2, 0) is 9.59 Å². The number of nitrogens with one attached hydrogen (secondary N) is 2. The van der Waals surface area contributed by atoms with E-state index in [0.717, 1.165) is 25.9 Å². The number of anilines is 1. The van der Waals surface area contributed by atoms with Crippen molar-refractivity contribution in [3.8, 4) is 5.75 Å². The van der Waals surface area contributed by atoms with Gasteiger partial charge >= 0.3 is 0 Å². The zero-order valence-electron chi connectivity index (χ0n) is 14.1. The summed E-state index contributed by atoms with van der Waals surface area (Å²) in [5, 5.41) is 13.5. The number of benzene rings is 1. The van der Waals surface area contributed by atoms with Crippen molar-refractivity contribution in [2.45, 2.75) is 19.3 Å². The van der Waals surface area contributed by atoms with Crippen LogP contribution in [0.3, 0.4) is 0 Å². The van der Waals surface area contributed by atoms with E-state index in [0.29, 0.717) is 12.3 Å². The van der Waals surface area contributed by atoms with E-state index in [2.05, 4.69) is 5.32 Å². The maximum absolute atomic E-state index is 12.2. The Hall–Kier alpha value is -2.68. The monoisotopic (exact) mass is 351 g/mol. The standard InChI is InChI=1S/C16H22N4O5/c1-25-14-3-2-12(20(23)24)10-13(14)18-15(21)6-9-19-7-4-11(5-8-19)16(17)22/h2-3,10-11H,4-9H2,1H3,(H2,17,22)(H,18,21)/p+1. The van der Waals surface area contributed by atoms with Gasteiger partial charge in [-0.2, -0.15) is 0 Å². The summed E-state index contributed by atoms with van der Waals surface area (Å²) in [4.78, 5) is 34.9. The third-order valence-electron chi connectivity index (χ3n) is 4.47. The highest BCUT2D eigenvalue weighted by Gasteiger charge is 2.26. The molecule has 4 N–H and O–H groups in total. The van der Waals surface area contributed by atoms with Crippen LogP contribution >= 0.6 is 0 Å². The number of non-ortho nitro benzene ring substituents is 1. The van der Waals surface area contributed by atoms with Crippen LogP contribution in [0.5, 0.6) is 5.75 Å². The first-order valence-corrected chi connectivity index (χ1v) is 8.16. The zero-order chi connectivity index (χ0) is 18.4. The van der Waals surface area contributed by atoms with Crippen LogP contribution < -0.4 is 20.7 Å². The van der Waals surface area contributed by atoms with E-state index in [-0.39, 0.29) is 35.5 Å². The van der Waals surface area contributed by atoms with Gasteiger partial charge in [0.05, 0.1) is 43.8 Å². The topological polar surface area (TPSA) is 129 Å². The summed E-state index contributed by atoms with van der Waals surface area (Å²) >= 11 is 0. The van der Waals surface area contributed by atoms with E-state index in [1.165, 1.54) is 30.2 Å². The molecule has 0 unspecified atom stereocenters. The molecule has 2 amide bonds. The normalized spacial score (nSPS) is 19.9. The number of quaternary nitrogens is 1. The first-order valence-electron chi connectivity index (χ1n) is 8.16. The Morgan fingerprint density at radius 2 is 2.08 bits per heavy atom. The molecule has 0 radical (unpaired) electrons. The van der Waals surface area contributed by atoms with Gasteiger partial charge in [-0.15, -0.1) is 0 Å². The number of carbonyl (C=O) groups excluding carboxylic acids is 2. The average Bonchev–Trinajstić information content (AvgIpc) is 2.60. The van der Waals surface area contributed by atoms with Gasteiger partial charge < -0.3 is 20.7 Å². The fourth-order valence-electron chi connectivity index (χ4n) is 2.97. The van der Waals surface area contributed by atoms with Gasteiger partial charge in [0.25, 0.3) is 5.69 Å². The molecule has 1 aromatic carbocycles. The number of ether oxygens (including phenoxy) is 1. The number of nitrogens with two attached hydrogens (primary N) is 1. The van der Waals surface area contributed by atoms with Crippen LogP contribution in [0.25, 0.3) is 0 Å². The molecule has 1 aliphatic heterocycles. The Morgan fingerprint density at radius 3 is 2.64 bits per heavy atom.